The Balaban J connectivity index is 1.29. The van der Waals surface area contributed by atoms with Crippen LogP contribution in [-0.4, -0.2) is 65.8 Å². The number of rotatable bonds is 7. The molecule has 0 radical (unpaired) electrons. The molecule has 0 atom stereocenters. The van der Waals surface area contributed by atoms with Crippen LogP contribution in [0, 0.1) is 18.7 Å². The minimum atomic E-state index is -0.262. The molecular weight excluding hydrogens is 393 g/mol. The quantitative estimate of drug-likeness (QED) is 0.686. The minimum absolute atomic E-state index is 0.0847. The molecule has 2 amide bonds. The number of hydrogen-bond donors (Lipinski definition) is 0. The van der Waals surface area contributed by atoms with Gasteiger partial charge >= 0.3 is 0 Å². The van der Waals surface area contributed by atoms with Gasteiger partial charge in [0.1, 0.15) is 5.82 Å². The summed E-state index contributed by atoms with van der Waals surface area (Å²) < 4.78 is 13.2. The minimum Gasteiger partial charge on any atom is -0.337 e. The van der Waals surface area contributed by atoms with Crippen LogP contribution in [0.3, 0.4) is 0 Å². The van der Waals surface area contributed by atoms with E-state index in [4.69, 9.17) is 0 Å². The van der Waals surface area contributed by atoms with Gasteiger partial charge in [-0.05, 0) is 49.6 Å². The molecule has 6 heteroatoms. The van der Waals surface area contributed by atoms with Crippen molar-refractivity contribution >= 4 is 11.8 Å². The van der Waals surface area contributed by atoms with E-state index in [1.807, 2.05) is 41.0 Å². The van der Waals surface area contributed by atoms with Crippen LogP contribution in [0.2, 0.25) is 0 Å². The van der Waals surface area contributed by atoms with Crippen molar-refractivity contribution in [1.82, 2.24) is 14.7 Å². The van der Waals surface area contributed by atoms with Crippen LogP contribution in [0.1, 0.15) is 34.3 Å². The topological polar surface area (TPSA) is 43.9 Å². The molecule has 0 bridgehead atoms. The Hall–Kier alpha value is -2.73. The summed E-state index contributed by atoms with van der Waals surface area (Å²) in [6.07, 6.45) is 1.94. The van der Waals surface area contributed by atoms with Crippen molar-refractivity contribution in [3.8, 4) is 0 Å². The maximum atomic E-state index is 13.2. The first-order valence-electron chi connectivity index (χ1n) is 11.1. The van der Waals surface area contributed by atoms with E-state index in [1.165, 1.54) is 12.1 Å². The number of hydrogen-bond acceptors (Lipinski definition) is 3. The number of aryl methyl sites for hydroxylation is 1. The normalized spacial score (nSPS) is 16.9. The third-order valence-electron chi connectivity index (χ3n) is 6.17. The Kier molecular flexibility index (Phi) is 6.66. The van der Waals surface area contributed by atoms with Gasteiger partial charge in [0.05, 0.1) is 0 Å². The Labute approximate surface area is 183 Å². The summed E-state index contributed by atoms with van der Waals surface area (Å²) >= 11 is 0. The summed E-state index contributed by atoms with van der Waals surface area (Å²) in [5, 5.41) is 0. The predicted molar refractivity (Wildman–Crippen MR) is 118 cm³/mol. The molecule has 0 N–H and O–H groups in total. The second-order valence-corrected chi connectivity index (χ2v) is 8.66. The smallest absolute Gasteiger partial charge is 0.253 e. The lowest BCUT2D eigenvalue weighted by molar-refractivity contribution is -0.133. The van der Waals surface area contributed by atoms with Crippen LogP contribution >= 0.6 is 0 Å². The highest BCUT2D eigenvalue weighted by Crippen LogP contribution is 2.31. The van der Waals surface area contributed by atoms with Crippen LogP contribution in [0.15, 0.2) is 48.5 Å². The van der Waals surface area contributed by atoms with Gasteiger partial charge in [0.15, 0.2) is 0 Å². The summed E-state index contributed by atoms with van der Waals surface area (Å²) in [6.45, 7) is 6.97. The van der Waals surface area contributed by atoms with Crippen LogP contribution in [0.25, 0.3) is 0 Å². The maximum Gasteiger partial charge on any atom is 0.253 e. The maximum absolute atomic E-state index is 13.2. The van der Waals surface area contributed by atoms with Gasteiger partial charge in [0, 0.05) is 57.3 Å². The summed E-state index contributed by atoms with van der Waals surface area (Å²) in [7, 11) is 0. The second-order valence-electron chi connectivity index (χ2n) is 8.66. The Morgan fingerprint density at radius 2 is 1.61 bits per heavy atom. The Morgan fingerprint density at radius 3 is 2.23 bits per heavy atom. The summed E-state index contributed by atoms with van der Waals surface area (Å²) in [5.41, 5.74) is 2.83. The van der Waals surface area contributed by atoms with Gasteiger partial charge in [-0.25, -0.2) is 4.39 Å². The van der Waals surface area contributed by atoms with E-state index < -0.39 is 0 Å². The molecule has 164 valence electrons. The molecule has 1 saturated carbocycles. The fraction of sp³-hybridized carbons (Fsp3) is 0.440. The van der Waals surface area contributed by atoms with E-state index in [-0.39, 0.29) is 23.5 Å². The molecule has 0 aromatic heterocycles. The van der Waals surface area contributed by atoms with Crippen molar-refractivity contribution in [2.75, 3.05) is 39.3 Å². The molecule has 4 rings (SSSR count). The molecule has 2 fully saturated rings. The average Bonchev–Trinajstić information content (AvgIpc) is 3.63. The number of benzene rings is 2. The van der Waals surface area contributed by atoms with E-state index in [1.54, 1.807) is 12.1 Å². The fourth-order valence-corrected chi connectivity index (χ4v) is 3.98. The van der Waals surface area contributed by atoms with Crippen LogP contribution < -0.4 is 0 Å². The number of carbonyl (C=O) groups excluding carboxylic acids is 2. The molecular formula is C25H30FN3O2. The molecule has 1 aliphatic heterocycles. The molecule has 0 spiro atoms. The lowest BCUT2D eigenvalue weighted by Crippen LogP contribution is -2.50. The molecule has 2 aliphatic rings. The van der Waals surface area contributed by atoms with E-state index in [9.17, 15) is 14.0 Å². The van der Waals surface area contributed by atoms with Gasteiger partial charge in [-0.2, -0.15) is 0 Å². The zero-order valence-electron chi connectivity index (χ0n) is 18.1. The molecule has 1 heterocycles. The summed E-state index contributed by atoms with van der Waals surface area (Å²) in [6, 6.07) is 14.1. The molecule has 1 saturated heterocycles. The van der Waals surface area contributed by atoms with Gasteiger partial charge in [-0.1, -0.05) is 29.8 Å². The van der Waals surface area contributed by atoms with E-state index in [2.05, 4.69) is 4.90 Å². The van der Waals surface area contributed by atoms with Crippen LogP contribution in [-0.2, 0) is 11.3 Å². The summed E-state index contributed by atoms with van der Waals surface area (Å²) in [5.74, 6) is 0.185. The van der Waals surface area contributed by atoms with Crippen molar-refractivity contribution in [1.29, 1.82) is 0 Å². The summed E-state index contributed by atoms with van der Waals surface area (Å²) in [4.78, 5) is 31.6. The SMILES string of the molecule is Cc1ccc(C(=O)N2CCN(CCN(Cc3ccc(F)cc3)C(=O)C3CC3)CC2)cc1. The molecule has 2 aromatic rings. The molecule has 5 nitrogen and oxygen atoms in total. The Bertz CT molecular complexity index is 901. The highest BCUT2D eigenvalue weighted by molar-refractivity contribution is 5.94. The van der Waals surface area contributed by atoms with E-state index in [0.29, 0.717) is 26.2 Å². The number of nitrogens with zero attached hydrogens (tertiary/aromatic N) is 3. The first-order chi connectivity index (χ1) is 15.0. The second kappa shape index (κ2) is 9.60. The zero-order valence-corrected chi connectivity index (χ0v) is 18.1. The molecule has 31 heavy (non-hydrogen) atoms. The van der Waals surface area contributed by atoms with Crippen molar-refractivity contribution in [2.24, 2.45) is 5.92 Å². The van der Waals surface area contributed by atoms with Crippen LogP contribution in [0.5, 0.6) is 0 Å². The number of halogens is 1. The monoisotopic (exact) mass is 423 g/mol. The Morgan fingerprint density at radius 1 is 0.968 bits per heavy atom. The predicted octanol–water partition coefficient (Wildman–Crippen LogP) is 3.33. The number of carbonyl (C=O) groups is 2. The van der Waals surface area contributed by atoms with Crippen molar-refractivity contribution in [3.05, 3.63) is 71.0 Å². The number of amides is 2. The van der Waals surface area contributed by atoms with Gasteiger partial charge < -0.3 is 9.80 Å². The van der Waals surface area contributed by atoms with Crippen molar-refractivity contribution in [2.45, 2.75) is 26.3 Å². The third-order valence-corrected chi connectivity index (χ3v) is 6.17. The third kappa shape index (κ3) is 5.70. The highest BCUT2D eigenvalue weighted by atomic mass is 19.1. The number of piperazine rings is 1. The average molecular weight is 424 g/mol. The van der Waals surface area contributed by atoms with Gasteiger partial charge in [-0.15, -0.1) is 0 Å². The van der Waals surface area contributed by atoms with Gasteiger partial charge in [0.2, 0.25) is 5.91 Å². The molecule has 1 aliphatic carbocycles. The van der Waals surface area contributed by atoms with Gasteiger partial charge in [0.25, 0.3) is 5.91 Å². The first kappa shape index (κ1) is 21.5. The van der Waals surface area contributed by atoms with E-state index in [0.717, 1.165) is 49.2 Å². The first-order valence-corrected chi connectivity index (χ1v) is 11.1. The highest BCUT2D eigenvalue weighted by Gasteiger charge is 2.33. The fourth-order valence-electron chi connectivity index (χ4n) is 3.98. The molecule has 0 unspecified atom stereocenters. The molecule has 2 aromatic carbocycles. The largest absolute Gasteiger partial charge is 0.337 e. The standard InChI is InChI=1S/C25H30FN3O2/c1-19-2-6-21(7-3-19)24(30)28-15-12-27(13-16-28)14-17-29(25(31)22-8-9-22)18-20-4-10-23(26)11-5-20/h2-7,10-11,22H,8-9,12-18H2,1H3. The van der Waals surface area contributed by atoms with Crippen LogP contribution in [0.4, 0.5) is 4.39 Å². The van der Waals surface area contributed by atoms with E-state index >= 15 is 0 Å². The zero-order chi connectivity index (χ0) is 21.8. The lowest BCUT2D eigenvalue weighted by Gasteiger charge is -2.36. The van der Waals surface area contributed by atoms with Gasteiger partial charge in [-0.3, -0.25) is 14.5 Å². The van der Waals surface area contributed by atoms with Crippen molar-refractivity contribution < 1.29 is 14.0 Å². The lowest BCUT2D eigenvalue weighted by atomic mass is 10.1. The van der Waals surface area contributed by atoms with Crippen molar-refractivity contribution in [3.63, 3.8) is 0 Å².